The Kier molecular flexibility index (Phi) is 7.35. The van der Waals surface area contributed by atoms with Crippen LogP contribution in [0.15, 0.2) is 0 Å². The number of aliphatic hydroxyl groups excluding tert-OH is 1. The van der Waals surface area contributed by atoms with Crippen LogP contribution < -0.4 is 29.6 Å². The number of hydrogen-bond acceptors (Lipinski definition) is 5. The summed E-state index contributed by atoms with van der Waals surface area (Å²) in [4.78, 5) is 0. The van der Waals surface area contributed by atoms with Crippen molar-refractivity contribution in [1.29, 1.82) is 0 Å². The third-order valence-corrected chi connectivity index (χ3v) is 1.76. The maximum absolute atomic E-state index is 10.3. The molecule has 0 aromatic rings. The molecule has 0 aliphatic heterocycles. The molecule has 0 aliphatic carbocycles. The minimum Gasteiger partial charge on any atom is -1.00 e. The van der Waals surface area contributed by atoms with Gasteiger partial charge in [0.1, 0.15) is 0 Å². The van der Waals surface area contributed by atoms with E-state index in [9.17, 15) is 8.42 Å². The molecule has 0 aromatic heterocycles. The van der Waals surface area contributed by atoms with Crippen LogP contribution in [-0.4, -0.2) is 30.9 Å². The molecule has 0 spiro atoms. The van der Waals surface area contributed by atoms with Gasteiger partial charge in [0.05, 0.1) is 5.75 Å². The van der Waals surface area contributed by atoms with E-state index in [4.69, 9.17) is 10.2 Å². The van der Waals surface area contributed by atoms with Crippen molar-refractivity contribution in [1.82, 2.24) is 0 Å². The molecule has 58 valence electrons. The van der Waals surface area contributed by atoms with Crippen molar-refractivity contribution in [3.05, 3.63) is 0 Å². The standard InChI is InChI=1S/C3H8O5S.Na.H/c1-2-9(6,7)8-3(4)5;;/h3-5H,2H2,1H3;;/q;+1;-1. The van der Waals surface area contributed by atoms with E-state index in [0.29, 0.717) is 0 Å². The second-order valence-corrected chi connectivity index (χ2v) is 3.15. The van der Waals surface area contributed by atoms with E-state index >= 15 is 0 Å². The molecule has 0 heterocycles. The van der Waals surface area contributed by atoms with E-state index in [1.165, 1.54) is 6.92 Å². The molecule has 0 fully saturated rings. The summed E-state index contributed by atoms with van der Waals surface area (Å²) in [5.41, 5.74) is 0. The molecule has 2 N–H and O–H groups in total. The summed E-state index contributed by atoms with van der Waals surface area (Å²) < 4.78 is 24.2. The summed E-state index contributed by atoms with van der Waals surface area (Å²) in [7, 11) is -3.72. The van der Waals surface area contributed by atoms with Gasteiger partial charge in [0, 0.05) is 0 Å². The Morgan fingerprint density at radius 2 is 2.00 bits per heavy atom. The van der Waals surface area contributed by atoms with Crippen molar-refractivity contribution in [2.24, 2.45) is 0 Å². The average Bonchev–Trinajstić information content (AvgIpc) is 1.63. The van der Waals surface area contributed by atoms with Crippen LogP contribution >= 0.6 is 0 Å². The van der Waals surface area contributed by atoms with Gasteiger partial charge in [0.15, 0.2) is 0 Å². The first-order chi connectivity index (χ1) is 3.98. The third kappa shape index (κ3) is 6.94. The van der Waals surface area contributed by atoms with Crippen molar-refractivity contribution in [3.63, 3.8) is 0 Å². The van der Waals surface area contributed by atoms with Crippen molar-refractivity contribution in [2.75, 3.05) is 5.75 Å². The van der Waals surface area contributed by atoms with Crippen molar-refractivity contribution >= 4 is 10.1 Å². The molecule has 0 aromatic carbocycles. The Bertz CT molecular complexity index is 167. The van der Waals surface area contributed by atoms with Gasteiger partial charge < -0.3 is 11.6 Å². The van der Waals surface area contributed by atoms with Gasteiger partial charge in [-0.05, 0) is 6.92 Å². The van der Waals surface area contributed by atoms with Gasteiger partial charge in [0.25, 0.3) is 16.6 Å². The molecule has 0 saturated carbocycles. The Balaban J connectivity index is -0.000000320. The predicted molar refractivity (Wildman–Crippen MR) is 29.9 cm³/mol. The van der Waals surface area contributed by atoms with Crippen LogP contribution in [0.25, 0.3) is 0 Å². The molecule has 0 radical (unpaired) electrons. The summed E-state index contributed by atoms with van der Waals surface area (Å²) in [5, 5.41) is 15.9. The molecule has 0 aliphatic rings. The van der Waals surface area contributed by atoms with Crippen LogP contribution in [-0.2, 0) is 14.3 Å². The minimum absolute atomic E-state index is 0. The van der Waals surface area contributed by atoms with Crippen molar-refractivity contribution < 1.29 is 53.8 Å². The summed E-state index contributed by atoms with van der Waals surface area (Å²) in [5.74, 6) is -0.273. The van der Waals surface area contributed by atoms with E-state index in [-0.39, 0.29) is 36.7 Å². The number of rotatable bonds is 3. The van der Waals surface area contributed by atoms with Crippen LogP contribution in [0.1, 0.15) is 8.35 Å². The zero-order valence-electron chi connectivity index (χ0n) is 6.81. The van der Waals surface area contributed by atoms with Gasteiger partial charge in [-0.2, -0.15) is 8.42 Å². The van der Waals surface area contributed by atoms with Crippen LogP contribution in [0.3, 0.4) is 0 Å². The van der Waals surface area contributed by atoms with E-state index in [1.54, 1.807) is 0 Å². The van der Waals surface area contributed by atoms with Crippen LogP contribution in [0.4, 0.5) is 0 Å². The quantitative estimate of drug-likeness (QED) is 0.261. The maximum Gasteiger partial charge on any atom is 1.00 e. The van der Waals surface area contributed by atoms with Crippen LogP contribution in [0.5, 0.6) is 0 Å². The van der Waals surface area contributed by atoms with Crippen LogP contribution in [0, 0.1) is 0 Å². The minimum atomic E-state index is -3.72. The van der Waals surface area contributed by atoms with Gasteiger partial charge in [-0.25, -0.2) is 4.18 Å². The molecule has 0 amide bonds. The first-order valence-electron chi connectivity index (χ1n) is 2.25. The molecule has 0 bridgehead atoms. The van der Waals surface area contributed by atoms with Gasteiger partial charge in [-0.15, -0.1) is 0 Å². The van der Waals surface area contributed by atoms with Crippen LogP contribution in [0.2, 0.25) is 0 Å². The molecular formula is C3H9NaO5S. The SMILES string of the molecule is CCS(=O)(=O)OC(O)O.[H-].[Na+]. The molecule has 10 heavy (non-hydrogen) atoms. The van der Waals surface area contributed by atoms with Gasteiger partial charge in [0.2, 0.25) is 0 Å². The summed E-state index contributed by atoms with van der Waals surface area (Å²) in [6.45, 7) is -0.910. The normalized spacial score (nSPS) is 11.2. The van der Waals surface area contributed by atoms with E-state index in [1.807, 2.05) is 0 Å². The van der Waals surface area contributed by atoms with Gasteiger partial charge in [-0.1, -0.05) is 0 Å². The Hall–Kier alpha value is 0.830. The first-order valence-corrected chi connectivity index (χ1v) is 3.83. The topological polar surface area (TPSA) is 83.8 Å². The molecule has 0 atom stereocenters. The van der Waals surface area contributed by atoms with Gasteiger partial charge >= 0.3 is 29.6 Å². The molecule has 5 nitrogen and oxygen atoms in total. The smallest absolute Gasteiger partial charge is 1.00 e. The Morgan fingerprint density at radius 1 is 1.60 bits per heavy atom. The summed E-state index contributed by atoms with van der Waals surface area (Å²) in [6, 6.07) is 0. The fourth-order valence-corrected chi connectivity index (χ4v) is 0.598. The molecular weight excluding hydrogens is 171 g/mol. The fraction of sp³-hybridized carbons (Fsp3) is 1.00. The first kappa shape index (κ1) is 13.4. The molecule has 0 saturated heterocycles. The summed E-state index contributed by atoms with van der Waals surface area (Å²) in [6.07, 6.45) is 0. The zero-order chi connectivity index (χ0) is 7.49. The monoisotopic (exact) mass is 180 g/mol. The van der Waals surface area contributed by atoms with Gasteiger partial charge in [-0.3, -0.25) is 0 Å². The van der Waals surface area contributed by atoms with E-state index in [0.717, 1.165) is 0 Å². The number of aliphatic hydroxyl groups is 2. The molecule has 0 rings (SSSR count). The largest absolute Gasteiger partial charge is 1.00 e. The predicted octanol–water partition coefficient (Wildman–Crippen LogP) is -4.26. The number of hydrogen-bond donors (Lipinski definition) is 2. The maximum atomic E-state index is 10.3. The summed E-state index contributed by atoms with van der Waals surface area (Å²) >= 11 is 0. The molecule has 0 unspecified atom stereocenters. The van der Waals surface area contributed by atoms with E-state index < -0.39 is 16.6 Å². The second-order valence-electron chi connectivity index (χ2n) is 1.27. The van der Waals surface area contributed by atoms with Crippen molar-refractivity contribution in [2.45, 2.75) is 13.4 Å². The second kappa shape index (κ2) is 5.48. The molecule has 7 heteroatoms. The Morgan fingerprint density at radius 3 is 2.10 bits per heavy atom. The van der Waals surface area contributed by atoms with Crippen molar-refractivity contribution in [3.8, 4) is 0 Å². The third-order valence-electron chi connectivity index (χ3n) is 0.586. The average molecular weight is 180 g/mol. The Labute approximate surface area is 82.9 Å². The van der Waals surface area contributed by atoms with E-state index in [2.05, 4.69) is 4.18 Å². The fourth-order valence-electron chi connectivity index (χ4n) is 0.199. The zero-order valence-corrected chi connectivity index (χ0v) is 8.63.